The number of nitrogens with zero attached hydrogens (tertiary/aromatic N) is 3. The van der Waals surface area contributed by atoms with Crippen LogP contribution in [0.4, 0.5) is 0 Å². The van der Waals surface area contributed by atoms with Crippen LogP contribution in [0.25, 0.3) is 0 Å². The maximum absolute atomic E-state index is 9.87. The summed E-state index contributed by atoms with van der Waals surface area (Å²) in [6, 6.07) is 1.94. The molecule has 1 aromatic rings. The van der Waals surface area contributed by atoms with Gasteiger partial charge in [0.15, 0.2) is 0 Å². The van der Waals surface area contributed by atoms with Crippen molar-refractivity contribution in [1.29, 1.82) is 0 Å². The van der Waals surface area contributed by atoms with Crippen LogP contribution in [0.3, 0.4) is 0 Å². The Labute approximate surface area is 109 Å². The molecule has 1 aliphatic heterocycles. The molecule has 2 heterocycles. The molecule has 1 aliphatic rings. The summed E-state index contributed by atoms with van der Waals surface area (Å²) in [7, 11) is 0. The van der Waals surface area contributed by atoms with Crippen molar-refractivity contribution in [3.05, 3.63) is 18.5 Å². The Balaban J connectivity index is 1.47. The van der Waals surface area contributed by atoms with E-state index in [4.69, 9.17) is 0 Å². The molecular weight excluding hydrogens is 228 g/mol. The number of hydrogen-bond donors (Lipinski definition) is 2. The Bertz CT molecular complexity index is 309. The lowest BCUT2D eigenvalue weighted by atomic mass is 10.3. The summed E-state index contributed by atoms with van der Waals surface area (Å²) >= 11 is 0. The molecule has 0 amide bonds. The van der Waals surface area contributed by atoms with Crippen LogP contribution in [-0.2, 0) is 6.54 Å². The van der Waals surface area contributed by atoms with Gasteiger partial charge in [-0.25, -0.2) is 0 Å². The fraction of sp³-hybridized carbons (Fsp3) is 0.769. The average molecular weight is 252 g/mol. The molecule has 0 radical (unpaired) electrons. The highest BCUT2D eigenvalue weighted by Crippen LogP contribution is 2.07. The Morgan fingerprint density at radius 2 is 2.17 bits per heavy atom. The van der Waals surface area contributed by atoms with E-state index in [0.717, 1.165) is 39.1 Å². The molecule has 1 atom stereocenters. The SMILES string of the molecule is OC(CNCCCn1cccn1)CN1CCCC1. The number of rotatable bonds is 8. The Hall–Kier alpha value is -0.910. The highest BCUT2D eigenvalue weighted by molar-refractivity contribution is 4.77. The topological polar surface area (TPSA) is 53.3 Å². The van der Waals surface area contributed by atoms with Gasteiger partial charge in [-0.1, -0.05) is 0 Å². The van der Waals surface area contributed by atoms with Crippen LogP contribution in [0.1, 0.15) is 19.3 Å². The van der Waals surface area contributed by atoms with E-state index >= 15 is 0 Å². The first kappa shape index (κ1) is 13.5. The van der Waals surface area contributed by atoms with Gasteiger partial charge in [0.1, 0.15) is 0 Å². The van der Waals surface area contributed by atoms with Gasteiger partial charge in [0.25, 0.3) is 0 Å². The van der Waals surface area contributed by atoms with Crippen LogP contribution in [0.5, 0.6) is 0 Å². The third-order valence-corrected chi connectivity index (χ3v) is 3.35. The van der Waals surface area contributed by atoms with Gasteiger partial charge in [0.2, 0.25) is 0 Å². The molecular formula is C13H24N4O. The lowest BCUT2D eigenvalue weighted by Crippen LogP contribution is -2.37. The van der Waals surface area contributed by atoms with Crippen molar-refractivity contribution in [2.45, 2.75) is 31.9 Å². The molecule has 102 valence electrons. The van der Waals surface area contributed by atoms with Crippen molar-refractivity contribution < 1.29 is 5.11 Å². The molecule has 2 rings (SSSR count). The first-order chi connectivity index (χ1) is 8.84. The van der Waals surface area contributed by atoms with Crippen molar-refractivity contribution in [1.82, 2.24) is 20.0 Å². The standard InChI is InChI=1S/C13H24N4O/c18-13(12-16-7-1-2-8-16)11-14-5-3-9-17-10-4-6-15-17/h4,6,10,13-14,18H,1-3,5,7-9,11-12H2. The van der Waals surface area contributed by atoms with E-state index < -0.39 is 0 Å². The van der Waals surface area contributed by atoms with E-state index in [2.05, 4.69) is 15.3 Å². The molecule has 18 heavy (non-hydrogen) atoms. The van der Waals surface area contributed by atoms with E-state index in [9.17, 15) is 5.11 Å². The van der Waals surface area contributed by atoms with Crippen LogP contribution in [0.15, 0.2) is 18.5 Å². The average Bonchev–Trinajstić information content (AvgIpc) is 3.01. The number of aryl methyl sites for hydroxylation is 1. The minimum atomic E-state index is -0.243. The molecule has 1 unspecified atom stereocenters. The van der Waals surface area contributed by atoms with E-state index in [0.29, 0.717) is 6.54 Å². The number of likely N-dealkylation sites (tertiary alicyclic amines) is 1. The quantitative estimate of drug-likeness (QED) is 0.654. The minimum Gasteiger partial charge on any atom is -0.390 e. The second-order valence-corrected chi connectivity index (χ2v) is 4.99. The molecule has 0 spiro atoms. The summed E-state index contributed by atoms with van der Waals surface area (Å²) < 4.78 is 1.93. The second kappa shape index (κ2) is 7.51. The normalized spacial score (nSPS) is 18.3. The van der Waals surface area contributed by atoms with Gasteiger partial charge in [0.05, 0.1) is 6.10 Å². The molecule has 1 fully saturated rings. The number of aliphatic hydroxyl groups excluding tert-OH is 1. The first-order valence-corrected chi connectivity index (χ1v) is 6.93. The van der Waals surface area contributed by atoms with Crippen LogP contribution in [-0.4, -0.2) is 58.6 Å². The van der Waals surface area contributed by atoms with Gasteiger partial charge in [0, 0.05) is 32.0 Å². The number of aromatic nitrogens is 2. The van der Waals surface area contributed by atoms with Crippen LogP contribution in [0.2, 0.25) is 0 Å². The lowest BCUT2D eigenvalue weighted by Gasteiger charge is -2.19. The molecule has 5 heteroatoms. The van der Waals surface area contributed by atoms with E-state index in [-0.39, 0.29) is 6.10 Å². The molecule has 1 aromatic heterocycles. The Morgan fingerprint density at radius 1 is 1.33 bits per heavy atom. The number of nitrogens with one attached hydrogen (secondary N) is 1. The summed E-state index contributed by atoms with van der Waals surface area (Å²) in [4.78, 5) is 2.34. The predicted molar refractivity (Wildman–Crippen MR) is 71.4 cm³/mol. The number of aliphatic hydroxyl groups is 1. The summed E-state index contributed by atoms with van der Waals surface area (Å²) in [5.74, 6) is 0. The molecule has 0 saturated carbocycles. The van der Waals surface area contributed by atoms with Gasteiger partial charge in [-0.05, 0) is 45.0 Å². The summed E-state index contributed by atoms with van der Waals surface area (Å²) in [5.41, 5.74) is 0. The minimum absolute atomic E-state index is 0.243. The molecule has 5 nitrogen and oxygen atoms in total. The zero-order valence-corrected chi connectivity index (χ0v) is 11.0. The van der Waals surface area contributed by atoms with Gasteiger partial charge in [-0.2, -0.15) is 5.10 Å². The Morgan fingerprint density at radius 3 is 2.89 bits per heavy atom. The van der Waals surface area contributed by atoms with Crippen LogP contribution in [0, 0.1) is 0 Å². The fourth-order valence-corrected chi connectivity index (χ4v) is 2.40. The number of β-amino-alcohol motifs (C(OH)–C–C–N with tert-alkyl or cyclic N) is 1. The second-order valence-electron chi connectivity index (χ2n) is 4.99. The van der Waals surface area contributed by atoms with Gasteiger partial charge in [-0.15, -0.1) is 0 Å². The molecule has 1 saturated heterocycles. The highest BCUT2D eigenvalue weighted by Gasteiger charge is 2.14. The monoisotopic (exact) mass is 252 g/mol. The smallest absolute Gasteiger partial charge is 0.0791 e. The molecule has 2 N–H and O–H groups in total. The van der Waals surface area contributed by atoms with Gasteiger partial charge in [-0.3, -0.25) is 4.68 Å². The lowest BCUT2D eigenvalue weighted by molar-refractivity contribution is 0.123. The zero-order valence-electron chi connectivity index (χ0n) is 11.0. The van der Waals surface area contributed by atoms with Gasteiger partial charge < -0.3 is 15.3 Å². The molecule has 0 bridgehead atoms. The van der Waals surface area contributed by atoms with Crippen molar-refractivity contribution in [3.8, 4) is 0 Å². The Kier molecular flexibility index (Phi) is 5.64. The van der Waals surface area contributed by atoms with Crippen LogP contribution >= 0.6 is 0 Å². The first-order valence-electron chi connectivity index (χ1n) is 6.93. The summed E-state index contributed by atoms with van der Waals surface area (Å²) in [6.45, 7) is 5.66. The third-order valence-electron chi connectivity index (χ3n) is 3.35. The van der Waals surface area contributed by atoms with Crippen LogP contribution < -0.4 is 5.32 Å². The summed E-state index contributed by atoms with van der Waals surface area (Å²) in [6.07, 6.45) is 7.13. The summed E-state index contributed by atoms with van der Waals surface area (Å²) in [5, 5.41) is 17.3. The molecule has 0 aliphatic carbocycles. The predicted octanol–water partition coefficient (Wildman–Crippen LogP) is 0.319. The van der Waals surface area contributed by atoms with Crippen molar-refractivity contribution in [2.24, 2.45) is 0 Å². The maximum atomic E-state index is 9.87. The van der Waals surface area contributed by atoms with Crippen molar-refractivity contribution in [3.63, 3.8) is 0 Å². The fourth-order valence-electron chi connectivity index (χ4n) is 2.40. The van der Waals surface area contributed by atoms with E-state index in [1.54, 1.807) is 6.20 Å². The largest absolute Gasteiger partial charge is 0.390 e. The zero-order chi connectivity index (χ0) is 12.6. The van der Waals surface area contributed by atoms with Crippen molar-refractivity contribution >= 4 is 0 Å². The maximum Gasteiger partial charge on any atom is 0.0791 e. The van der Waals surface area contributed by atoms with Gasteiger partial charge >= 0.3 is 0 Å². The van der Waals surface area contributed by atoms with E-state index in [1.807, 2.05) is 16.9 Å². The van der Waals surface area contributed by atoms with Crippen molar-refractivity contribution in [2.75, 3.05) is 32.7 Å². The highest BCUT2D eigenvalue weighted by atomic mass is 16.3. The third kappa shape index (κ3) is 4.76. The number of hydrogen-bond acceptors (Lipinski definition) is 4. The van der Waals surface area contributed by atoms with E-state index in [1.165, 1.54) is 12.8 Å². The molecule has 0 aromatic carbocycles.